The first-order valence-corrected chi connectivity index (χ1v) is 13.7. The van der Waals surface area contributed by atoms with Gasteiger partial charge in [-0.3, -0.25) is 38.6 Å². The summed E-state index contributed by atoms with van der Waals surface area (Å²) in [6, 6.07) is 19.5. The molecule has 3 aromatic rings. The lowest BCUT2D eigenvalue weighted by molar-refractivity contribution is -0.125. The minimum Gasteiger partial charge on any atom is -0.323 e. The van der Waals surface area contributed by atoms with Crippen molar-refractivity contribution < 1.29 is 28.8 Å². The number of hydrogen-bond donors (Lipinski definition) is 6. The van der Waals surface area contributed by atoms with Gasteiger partial charge in [0.25, 0.3) is 0 Å². The van der Waals surface area contributed by atoms with E-state index in [0.29, 0.717) is 0 Å². The highest BCUT2D eigenvalue weighted by Crippen LogP contribution is 2.24. The van der Waals surface area contributed by atoms with Crippen molar-refractivity contribution in [3.05, 3.63) is 72.8 Å². The average Bonchev–Trinajstić information content (AvgIpc) is 2.95. The Hall–Kier alpha value is -5.60. The molecule has 0 saturated carbocycles. The third-order valence-corrected chi connectivity index (χ3v) is 6.63. The molecule has 6 amide bonds. The summed E-state index contributed by atoms with van der Waals surface area (Å²) in [5.74, 6) is -3.19. The summed E-state index contributed by atoms with van der Waals surface area (Å²) in [6.45, 7) is -2.12. The van der Waals surface area contributed by atoms with Crippen molar-refractivity contribution in [1.29, 1.82) is 0 Å². The van der Waals surface area contributed by atoms with Crippen molar-refractivity contribution in [1.82, 2.24) is 9.80 Å². The van der Waals surface area contributed by atoms with E-state index in [1.807, 2.05) is 0 Å². The first-order valence-electron chi connectivity index (χ1n) is 13.7. The van der Waals surface area contributed by atoms with Gasteiger partial charge in [-0.05, 0) is 36.4 Å². The van der Waals surface area contributed by atoms with Crippen LogP contribution >= 0.6 is 0 Å². The second kappa shape index (κ2) is 13.6. The molecule has 0 aromatic heterocycles. The van der Waals surface area contributed by atoms with Crippen molar-refractivity contribution >= 4 is 69.6 Å². The Morgan fingerprint density at radius 2 is 0.477 bits per heavy atom. The fraction of sp³-hybridized carbons (Fsp3) is 0.200. The molecular weight excluding hydrogens is 568 g/mol. The third-order valence-electron chi connectivity index (χ3n) is 6.63. The number of hydrogen-bond acceptors (Lipinski definition) is 8. The SMILES string of the molecule is O=C1CN2CC(=O)Nc3ccccc3NC(=O)CN(CC(=O)Nc3ccccc3N1)CC(=O)Nc1ccccc1NC(=O)C2. The standard InChI is InChI=1S/C30H30N8O6/c39-25-13-37-15-27(41)33-21-9-3-5-11-23(21)35-29(43)17-38(14-26(40)32-20-8-2-1-7-19(20)31-25)18-30(44)36-24-12-6-4-10-22(24)34-28(42)16-37/h1-12H,13-18H2,(H,31,39)(H,32,40)(H,33,41)(H,34,42)(H,35,43)(H,36,44). The molecule has 44 heavy (non-hydrogen) atoms. The van der Waals surface area contributed by atoms with E-state index in [0.717, 1.165) is 0 Å². The molecule has 0 atom stereocenters. The van der Waals surface area contributed by atoms with E-state index in [-0.39, 0.29) is 73.4 Å². The van der Waals surface area contributed by atoms with Gasteiger partial charge < -0.3 is 31.9 Å². The van der Waals surface area contributed by atoms with Crippen molar-refractivity contribution in [2.45, 2.75) is 0 Å². The van der Waals surface area contributed by atoms with Crippen molar-refractivity contribution in [2.24, 2.45) is 0 Å². The molecule has 0 radical (unpaired) electrons. The van der Waals surface area contributed by atoms with Crippen LogP contribution in [-0.4, -0.2) is 84.5 Å². The largest absolute Gasteiger partial charge is 0.323 e. The molecule has 6 rings (SSSR count). The Morgan fingerprint density at radius 1 is 0.318 bits per heavy atom. The third kappa shape index (κ3) is 8.02. The Bertz CT molecular complexity index is 1320. The number of carbonyl (C=O) groups excluding carboxylic acids is 6. The second-order valence-electron chi connectivity index (χ2n) is 10.2. The number of fused-ring (bicyclic) bond motifs is 12. The van der Waals surface area contributed by atoms with Gasteiger partial charge in [-0.25, -0.2) is 0 Å². The molecule has 0 aliphatic carbocycles. The van der Waals surface area contributed by atoms with E-state index in [9.17, 15) is 28.8 Å². The Labute approximate surface area is 252 Å². The minimum atomic E-state index is -0.531. The monoisotopic (exact) mass is 598 g/mol. The van der Waals surface area contributed by atoms with Crippen molar-refractivity contribution in [3.8, 4) is 0 Å². The predicted molar refractivity (Wildman–Crippen MR) is 164 cm³/mol. The maximum absolute atomic E-state index is 13.2. The van der Waals surface area contributed by atoms with Gasteiger partial charge in [-0.2, -0.15) is 0 Å². The smallest absolute Gasteiger partial charge is 0.238 e. The summed E-state index contributed by atoms with van der Waals surface area (Å²) in [6.07, 6.45) is 0. The fourth-order valence-corrected chi connectivity index (χ4v) is 4.80. The van der Waals surface area contributed by atoms with Crippen LogP contribution in [0.5, 0.6) is 0 Å². The Balaban J connectivity index is 1.57. The average molecular weight is 599 g/mol. The summed E-state index contributed by atoms with van der Waals surface area (Å²) in [5.41, 5.74) is 1.70. The summed E-state index contributed by atoms with van der Waals surface area (Å²) < 4.78 is 0. The molecule has 14 heteroatoms. The number of carbonyl (C=O) groups is 6. The molecule has 0 spiro atoms. The topological polar surface area (TPSA) is 181 Å². The van der Waals surface area contributed by atoms with Gasteiger partial charge in [0.2, 0.25) is 35.4 Å². The van der Waals surface area contributed by atoms with Gasteiger partial charge in [-0.15, -0.1) is 0 Å². The molecule has 3 heterocycles. The quantitative estimate of drug-likeness (QED) is 0.224. The van der Waals surface area contributed by atoms with Crippen LogP contribution in [0.4, 0.5) is 34.1 Å². The van der Waals surface area contributed by atoms with E-state index >= 15 is 0 Å². The molecule has 0 saturated heterocycles. The lowest BCUT2D eigenvalue weighted by Crippen LogP contribution is -2.44. The molecule has 3 aliphatic heterocycles. The lowest BCUT2D eigenvalue weighted by atomic mass is 10.2. The van der Waals surface area contributed by atoms with E-state index in [1.165, 1.54) is 9.80 Å². The van der Waals surface area contributed by atoms with Gasteiger partial charge in [-0.1, -0.05) is 36.4 Å². The van der Waals surface area contributed by atoms with Gasteiger partial charge in [0.15, 0.2) is 0 Å². The summed E-state index contributed by atoms with van der Waals surface area (Å²) >= 11 is 0. The van der Waals surface area contributed by atoms with Gasteiger partial charge in [0.1, 0.15) is 0 Å². The molecule has 226 valence electrons. The lowest BCUT2D eigenvalue weighted by Gasteiger charge is -2.24. The summed E-state index contributed by atoms with van der Waals surface area (Å²) in [7, 11) is 0. The number of nitrogens with one attached hydrogen (secondary N) is 6. The Kier molecular flexibility index (Phi) is 9.22. The number of rotatable bonds is 0. The second-order valence-corrected chi connectivity index (χ2v) is 10.2. The van der Waals surface area contributed by atoms with Crippen LogP contribution in [0.15, 0.2) is 72.8 Å². The van der Waals surface area contributed by atoms with Crippen LogP contribution < -0.4 is 31.9 Å². The molecule has 0 unspecified atom stereocenters. The van der Waals surface area contributed by atoms with Crippen LogP contribution in [0, 0.1) is 0 Å². The molecule has 14 nitrogen and oxygen atoms in total. The van der Waals surface area contributed by atoms with Crippen LogP contribution in [0.1, 0.15) is 0 Å². The molecular formula is C30H30N8O6. The number of amides is 6. The summed E-state index contributed by atoms with van der Waals surface area (Å²) in [5, 5.41) is 16.4. The fourth-order valence-electron chi connectivity index (χ4n) is 4.80. The van der Waals surface area contributed by atoms with Crippen LogP contribution in [-0.2, 0) is 28.8 Å². The van der Waals surface area contributed by atoms with Crippen LogP contribution in [0.25, 0.3) is 0 Å². The molecule has 6 N–H and O–H groups in total. The zero-order valence-corrected chi connectivity index (χ0v) is 23.5. The van der Waals surface area contributed by atoms with Gasteiger partial charge in [0.05, 0.1) is 73.4 Å². The van der Waals surface area contributed by atoms with Gasteiger partial charge in [0, 0.05) is 0 Å². The normalized spacial score (nSPS) is 20.2. The Morgan fingerprint density at radius 3 is 0.636 bits per heavy atom. The zero-order valence-electron chi connectivity index (χ0n) is 23.5. The summed E-state index contributed by atoms with van der Waals surface area (Å²) in [4.78, 5) is 81.7. The maximum Gasteiger partial charge on any atom is 0.238 e. The highest BCUT2D eigenvalue weighted by molar-refractivity contribution is 6.05. The van der Waals surface area contributed by atoms with E-state index < -0.39 is 35.4 Å². The van der Waals surface area contributed by atoms with Crippen molar-refractivity contribution in [3.63, 3.8) is 0 Å². The maximum atomic E-state index is 13.2. The molecule has 3 aliphatic rings. The zero-order chi connectivity index (χ0) is 31.1. The number of anilines is 6. The predicted octanol–water partition coefficient (Wildman–Crippen LogP) is 1.35. The molecule has 2 bridgehead atoms. The molecule has 0 fully saturated rings. The van der Waals surface area contributed by atoms with Crippen molar-refractivity contribution in [2.75, 3.05) is 71.2 Å². The number of benzene rings is 3. The first-order chi connectivity index (χ1) is 21.2. The van der Waals surface area contributed by atoms with E-state index in [4.69, 9.17) is 0 Å². The van der Waals surface area contributed by atoms with Crippen LogP contribution in [0.2, 0.25) is 0 Å². The van der Waals surface area contributed by atoms with E-state index in [2.05, 4.69) is 31.9 Å². The van der Waals surface area contributed by atoms with E-state index in [1.54, 1.807) is 72.8 Å². The number of nitrogens with zero attached hydrogens (tertiary/aromatic N) is 2. The highest BCUT2D eigenvalue weighted by Gasteiger charge is 2.24. The van der Waals surface area contributed by atoms with Gasteiger partial charge >= 0.3 is 0 Å². The highest BCUT2D eigenvalue weighted by atomic mass is 16.2. The minimum absolute atomic E-state index is 0.284. The first kappa shape index (κ1) is 29.9. The number of para-hydroxylation sites is 6. The molecule has 3 aromatic carbocycles. The van der Waals surface area contributed by atoms with Crippen LogP contribution in [0.3, 0.4) is 0 Å².